The van der Waals surface area contributed by atoms with E-state index in [1.807, 2.05) is 0 Å². The number of benzene rings is 1. The SMILES string of the molecule is CCN1CCCC1CNc1ncnc2onc(-c3ccc(F)cc3)c12. The van der Waals surface area contributed by atoms with Gasteiger partial charge in [0.1, 0.15) is 29.0 Å². The number of fused-ring (bicyclic) bond motifs is 1. The number of nitrogens with one attached hydrogen (secondary N) is 1. The molecular weight excluding hydrogens is 321 g/mol. The fourth-order valence-corrected chi connectivity index (χ4v) is 3.48. The van der Waals surface area contributed by atoms with Crippen LogP contribution >= 0.6 is 0 Å². The molecule has 4 rings (SSSR count). The highest BCUT2D eigenvalue weighted by Gasteiger charge is 2.24. The first-order valence-corrected chi connectivity index (χ1v) is 8.60. The van der Waals surface area contributed by atoms with Crippen LogP contribution in [0.1, 0.15) is 19.8 Å². The summed E-state index contributed by atoms with van der Waals surface area (Å²) in [4.78, 5) is 11.0. The lowest BCUT2D eigenvalue weighted by atomic mass is 10.1. The van der Waals surface area contributed by atoms with Gasteiger partial charge in [-0.2, -0.15) is 4.98 Å². The van der Waals surface area contributed by atoms with Gasteiger partial charge in [-0.15, -0.1) is 0 Å². The van der Waals surface area contributed by atoms with Crippen molar-refractivity contribution in [2.45, 2.75) is 25.8 Å². The second-order valence-electron chi connectivity index (χ2n) is 6.25. The molecule has 0 aliphatic carbocycles. The predicted octanol–water partition coefficient (Wildman–Crippen LogP) is 3.32. The first-order chi connectivity index (χ1) is 12.3. The molecule has 1 saturated heterocycles. The van der Waals surface area contributed by atoms with Crippen molar-refractivity contribution in [1.82, 2.24) is 20.0 Å². The van der Waals surface area contributed by atoms with Crippen LogP contribution in [0.2, 0.25) is 0 Å². The van der Waals surface area contributed by atoms with Crippen LogP contribution in [0, 0.1) is 5.82 Å². The van der Waals surface area contributed by atoms with Gasteiger partial charge in [-0.05, 0) is 50.2 Å². The number of anilines is 1. The summed E-state index contributed by atoms with van der Waals surface area (Å²) >= 11 is 0. The molecule has 1 fully saturated rings. The van der Waals surface area contributed by atoms with E-state index in [2.05, 4.69) is 32.3 Å². The number of nitrogens with zero attached hydrogens (tertiary/aromatic N) is 4. The highest BCUT2D eigenvalue weighted by Crippen LogP contribution is 2.31. The molecule has 25 heavy (non-hydrogen) atoms. The minimum atomic E-state index is -0.285. The van der Waals surface area contributed by atoms with E-state index in [0.717, 1.165) is 30.6 Å². The Hall–Kier alpha value is -2.54. The van der Waals surface area contributed by atoms with E-state index in [-0.39, 0.29) is 5.82 Å². The molecule has 2 aromatic heterocycles. The molecule has 0 amide bonds. The lowest BCUT2D eigenvalue weighted by molar-refractivity contribution is 0.277. The Morgan fingerprint density at radius 2 is 2.12 bits per heavy atom. The quantitative estimate of drug-likeness (QED) is 0.768. The van der Waals surface area contributed by atoms with Gasteiger partial charge in [0, 0.05) is 18.2 Å². The average Bonchev–Trinajstić information content (AvgIpc) is 3.27. The molecule has 1 aliphatic rings. The third kappa shape index (κ3) is 3.07. The van der Waals surface area contributed by atoms with Crippen LogP contribution in [0.5, 0.6) is 0 Å². The molecule has 1 aromatic carbocycles. The maximum atomic E-state index is 13.2. The standard InChI is InChI=1S/C18H20FN5O/c1-2-24-9-3-4-14(24)10-20-17-15-16(12-5-7-13(19)8-6-12)23-25-18(15)22-11-21-17/h5-8,11,14H,2-4,9-10H2,1H3,(H,20,21,22). The first-order valence-electron chi connectivity index (χ1n) is 8.60. The Labute approximate surface area is 145 Å². The molecule has 7 heteroatoms. The molecule has 0 saturated carbocycles. The zero-order valence-electron chi connectivity index (χ0n) is 14.1. The summed E-state index contributed by atoms with van der Waals surface area (Å²) in [6, 6.07) is 6.68. The first kappa shape index (κ1) is 16.0. The van der Waals surface area contributed by atoms with Crippen LogP contribution in [0.3, 0.4) is 0 Å². The summed E-state index contributed by atoms with van der Waals surface area (Å²) in [5.41, 5.74) is 1.82. The molecule has 3 heterocycles. The van der Waals surface area contributed by atoms with Crippen molar-refractivity contribution < 1.29 is 8.91 Å². The number of aromatic nitrogens is 3. The van der Waals surface area contributed by atoms with Crippen molar-refractivity contribution in [2.75, 3.05) is 25.0 Å². The summed E-state index contributed by atoms with van der Waals surface area (Å²) in [7, 11) is 0. The topological polar surface area (TPSA) is 67.1 Å². The zero-order chi connectivity index (χ0) is 17.2. The fraction of sp³-hybridized carbons (Fsp3) is 0.389. The van der Waals surface area contributed by atoms with E-state index >= 15 is 0 Å². The van der Waals surface area contributed by atoms with E-state index in [1.54, 1.807) is 12.1 Å². The maximum absolute atomic E-state index is 13.2. The summed E-state index contributed by atoms with van der Waals surface area (Å²) in [5.74, 6) is 0.417. The van der Waals surface area contributed by atoms with E-state index in [1.165, 1.54) is 31.3 Å². The van der Waals surface area contributed by atoms with Crippen LogP contribution in [-0.4, -0.2) is 45.7 Å². The Bertz CT molecular complexity index is 864. The lowest BCUT2D eigenvalue weighted by Gasteiger charge is -2.23. The van der Waals surface area contributed by atoms with Gasteiger partial charge in [0.2, 0.25) is 0 Å². The second kappa shape index (κ2) is 6.76. The number of hydrogen-bond donors (Lipinski definition) is 1. The van der Waals surface area contributed by atoms with E-state index < -0.39 is 0 Å². The smallest absolute Gasteiger partial charge is 0.263 e. The number of likely N-dealkylation sites (tertiary alicyclic amines) is 1. The lowest BCUT2D eigenvalue weighted by Crippen LogP contribution is -2.34. The molecule has 130 valence electrons. The number of likely N-dealkylation sites (N-methyl/N-ethyl adjacent to an activating group) is 1. The third-order valence-corrected chi connectivity index (χ3v) is 4.80. The summed E-state index contributed by atoms with van der Waals surface area (Å²) in [5, 5.41) is 8.28. The van der Waals surface area contributed by atoms with Crippen LogP contribution in [0.25, 0.3) is 22.4 Å². The highest BCUT2D eigenvalue weighted by molar-refractivity contribution is 5.97. The molecule has 0 bridgehead atoms. The Kier molecular flexibility index (Phi) is 4.31. The molecule has 1 N–H and O–H groups in total. The van der Waals surface area contributed by atoms with E-state index in [9.17, 15) is 4.39 Å². The maximum Gasteiger partial charge on any atom is 0.263 e. The minimum absolute atomic E-state index is 0.285. The summed E-state index contributed by atoms with van der Waals surface area (Å²) in [6.45, 7) is 5.21. The van der Waals surface area contributed by atoms with Gasteiger partial charge in [0.25, 0.3) is 5.71 Å². The van der Waals surface area contributed by atoms with Crippen LogP contribution in [0.4, 0.5) is 10.2 Å². The van der Waals surface area contributed by atoms with Crippen molar-refractivity contribution in [3.8, 4) is 11.3 Å². The molecule has 0 radical (unpaired) electrons. The number of hydrogen-bond acceptors (Lipinski definition) is 6. The molecule has 3 aromatic rings. The van der Waals surface area contributed by atoms with Gasteiger partial charge in [-0.3, -0.25) is 4.90 Å². The van der Waals surface area contributed by atoms with Gasteiger partial charge in [-0.1, -0.05) is 12.1 Å². The molecular formula is C18H20FN5O. The summed E-state index contributed by atoms with van der Waals surface area (Å²) < 4.78 is 18.5. The third-order valence-electron chi connectivity index (χ3n) is 4.80. The molecule has 1 unspecified atom stereocenters. The van der Waals surface area contributed by atoms with Crippen molar-refractivity contribution >= 4 is 16.9 Å². The van der Waals surface area contributed by atoms with Gasteiger partial charge in [0.05, 0.1) is 0 Å². The van der Waals surface area contributed by atoms with Crippen molar-refractivity contribution in [2.24, 2.45) is 0 Å². The minimum Gasteiger partial charge on any atom is -0.368 e. The molecule has 1 aliphatic heterocycles. The normalized spacial score (nSPS) is 18.1. The van der Waals surface area contributed by atoms with Gasteiger partial charge in [-0.25, -0.2) is 9.37 Å². The highest BCUT2D eigenvalue weighted by atomic mass is 19.1. The number of rotatable bonds is 5. The fourth-order valence-electron chi connectivity index (χ4n) is 3.48. The van der Waals surface area contributed by atoms with Crippen LogP contribution in [-0.2, 0) is 0 Å². The summed E-state index contributed by atoms with van der Waals surface area (Å²) in [6.07, 6.45) is 3.88. The molecule has 6 nitrogen and oxygen atoms in total. The van der Waals surface area contributed by atoms with Crippen LogP contribution < -0.4 is 5.32 Å². The second-order valence-corrected chi connectivity index (χ2v) is 6.25. The van der Waals surface area contributed by atoms with Crippen LogP contribution in [0.15, 0.2) is 35.1 Å². The van der Waals surface area contributed by atoms with E-state index in [4.69, 9.17) is 4.52 Å². The Morgan fingerprint density at radius 1 is 1.28 bits per heavy atom. The van der Waals surface area contributed by atoms with Gasteiger partial charge in [0.15, 0.2) is 0 Å². The molecule has 0 spiro atoms. The van der Waals surface area contributed by atoms with Gasteiger partial charge < -0.3 is 9.84 Å². The van der Waals surface area contributed by atoms with E-state index in [0.29, 0.717) is 23.3 Å². The predicted molar refractivity (Wildman–Crippen MR) is 93.8 cm³/mol. The van der Waals surface area contributed by atoms with Crippen molar-refractivity contribution in [3.63, 3.8) is 0 Å². The van der Waals surface area contributed by atoms with Gasteiger partial charge >= 0.3 is 0 Å². The number of halogens is 1. The largest absolute Gasteiger partial charge is 0.368 e. The Morgan fingerprint density at radius 3 is 2.92 bits per heavy atom. The Balaban J connectivity index is 1.65. The van der Waals surface area contributed by atoms with Crippen molar-refractivity contribution in [3.05, 3.63) is 36.4 Å². The van der Waals surface area contributed by atoms with Crippen molar-refractivity contribution in [1.29, 1.82) is 0 Å². The zero-order valence-corrected chi connectivity index (χ0v) is 14.1. The average molecular weight is 341 g/mol. The molecule has 1 atom stereocenters. The monoisotopic (exact) mass is 341 g/mol.